The molecule has 0 saturated heterocycles. The number of nitrogens with two attached hydrogens (primary N) is 1. The highest BCUT2D eigenvalue weighted by atomic mass is 79.9. The molecule has 2 N–H and O–H groups in total. The lowest BCUT2D eigenvalue weighted by Crippen LogP contribution is -2.33. The van der Waals surface area contributed by atoms with E-state index in [1.165, 1.54) is 0 Å². The molecule has 140 valence electrons. The molecule has 0 fully saturated rings. The Morgan fingerprint density at radius 1 is 0.778 bits per heavy atom. The lowest BCUT2D eigenvalue weighted by Gasteiger charge is -2.20. The lowest BCUT2D eigenvalue weighted by atomic mass is 10.1. The number of halogens is 1. The Bertz CT molecular complexity index is 777. The molecule has 0 heterocycles. The summed E-state index contributed by atoms with van der Waals surface area (Å²) in [4.78, 5) is 12.9. The van der Waals surface area contributed by atoms with Crippen LogP contribution in [0.25, 0.3) is 0 Å². The zero-order chi connectivity index (χ0) is 18.2. The first kappa shape index (κ1) is 21.1. The molecule has 0 radical (unpaired) electrons. The van der Waals surface area contributed by atoms with Crippen LogP contribution in [0.15, 0.2) is 91.0 Å². The molecule has 3 aromatic rings. The number of rotatable bonds is 8. The maximum Gasteiger partial charge on any atom is 0.366 e. The molecule has 27 heavy (non-hydrogen) atoms. The normalized spacial score (nSPS) is 11.3. The van der Waals surface area contributed by atoms with Crippen LogP contribution in [0.5, 0.6) is 11.5 Å². The van der Waals surface area contributed by atoms with E-state index in [0.717, 1.165) is 5.56 Å². The first-order valence-corrected chi connectivity index (χ1v) is 9.49. The van der Waals surface area contributed by atoms with Crippen LogP contribution in [-0.2, 0) is 11.2 Å². The third-order valence-corrected chi connectivity index (χ3v) is 5.10. The minimum Gasteiger partial charge on any atom is -0.433 e. The smallest absolute Gasteiger partial charge is 0.366 e. The fourth-order valence-corrected chi connectivity index (χ4v) is 3.56. The van der Waals surface area contributed by atoms with E-state index in [0.29, 0.717) is 17.9 Å². The van der Waals surface area contributed by atoms with Crippen molar-refractivity contribution in [2.75, 3.05) is 0 Å². The summed E-state index contributed by atoms with van der Waals surface area (Å²) < 4.78 is 11.7. The zero-order valence-electron chi connectivity index (χ0n) is 14.6. The van der Waals surface area contributed by atoms with Gasteiger partial charge in [-0.25, -0.2) is 0 Å². The van der Waals surface area contributed by atoms with Gasteiger partial charge in [0.1, 0.15) is 11.5 Å². The van der Waals surface area contributed by atoms with Crippen molar-refractivity contribution in [2.45, 2.75) is 12.5 Å². The molecule has 0 aliphatic heterocycles. The van der Waals surface area contributed by atoms with Crippen LogP contribution in [0.4, 0.5) is 0 Å². The molecule has 3 aromatic carbocycles. The highest BCUT2D eigenvalue weighted by Gasteiger charge is 2.30. The summed E-state index contributed by atoms with van der Waals surface area (Å²) >= 11 is 0. The monoisotopic (exact) mass is 445 g/mol. The Kier molecular flexibility index (Phi) is 8.46. The summed E-state index contributed by atoms with van der Waals surface area (Å²) in [6, 6.07) is 27.3. The van der Waals surface area contributed by atoms with Crippen LogP contribution >= 0.6 is 25.4 Å². The summed E-state index contributed by atoms with van der Waals surface area (Å²) in [5, 5.41) is 0. The van der Waals surface area contributed by atoms with Crippen molar-refractivity contribution < 1.29 is 13.8 Å². The maximum absolute atomic E-state index is 12.9. The number of benzene rings is 3. The van der Waals surface area contributed by atoms with Gasteiger partial charge >= 0.3 is 8.38 Å². The summed E-state index contributed by atoms with van der Waals surface area (Å²) in [6.07, 6.45) is 0.439. The largest absolute Gasteiger partial charge is 0.433 e. The molecule has 4 nitrogen and oxygen atoms in total. The van der Waals surface area contributed by atoms with E-state index in [-0.39, 0.29) is 22.5 Å². The summed E-state index contributed by atoms with van der Waals surface area (Å²) in [5.41, 5.74) is 6.93. The van der Waals surface area contributed by atoms with Gasteiger partial charge in [-0.15, -0.1) is 17.0 Å². The minimum atomic E-state index is -1.87. The van der Waals surface area contributed by atoms with E-state index in [1.807, 2.05) is 66.7 Å². The zero-order valence-corrected chi connectivity index (χ0v) is 17.2. The van der Waals surface area contributed by atoms with E-state index < -0.39 is 14.4 Å². The molecule has 6 heteroatoms. The second-order valence-corrected chi connectivity index (χ2v) is 7.02. The van der Waals surface area contributed by atoms with E-state index in [1.54, 1.807) is 24.3 Å². The molecule has 3 rings (SSSR count). The average Bonchev–Trinajstić information content (AvgIpc) is 2.69. The van der Waals surface area contributed by atoms with Crippen molar-refractivity contribution in [3.8, 4) is 11.5 Å². The van der Waals surface area contributed by atoms with Gasteiger partial charge in [0, 0.05) is 0 Å². The second kappa shape index (κ2) is 10.8. The van der Waals surface area contributed by atoms with Crippen LogP contribution in [-0.4, -0.2) is 11.6 Å². The number of para-hydroxylation sites is 2. The molecular weight excluding hydrogens is 425 g/mol. The van der Waals surface area contributed by atoms with Gasteiger partial charge in [0.2, 0.25) is 0 Å². The average molecular weight is 446 g/mol. The first-order chi connectivity index (χ1) is 12.7. The molecule has 1 atom stereocenters. The molecular formula is C21H21BrNO3P. The third-order valence-electron chi connectivity index (χ3n) is 3.66. The van der Waals surface area contributed by atoms with Gasteiger partial charge in [-0.05, 0) is 36.2 Å². The molecule has 0 aliphatic rings. The highest BCUT2D eigenvalue weighted by molar-refractivity contribution is 8.93. The third kappa shape index (κ3) is 6.47. The van der Waals surface area contributed by atoms with Gasteiger partial charge in [-0.3, -0.25) is 4.79 Å². The van der Waals surface area contributed by atoms with Crippen LogP contribution in [0, 0.1) is 0 Å². The molecule has 0 spiro atoms. The number of carbonyl (C=O) groups excluding carboxylic acids is 1. The second-order valence-electron chi connectivity index (χ2n) is 5.70. The topological polar surface area (TPSA) is 61.6 Å². The van der Waals surface area contributed by atoms with Crippen molar-refractivity contribution in [3.05, 3.63) is 96.6 Å². The van der Waals surface area contributed by atoms with Crippen molar-refractivity contribution in [2.24, 2.45) is 5.73 Å². The van der Waals surface area contributed by atoms with Crippen LogP contribution < -0.4 is 14.8 Å². The SMILES string of the molecule is Br.NC(Cc1ccccc1)C(=O)P(Oc1ccccc1)Oc1ccccc1. The lowest BCUT2D eigenvalue weighted by molar-refractivity contribution is -0.113. The number of hydrogen-bond donors (Lipinski definition) is 1. The van der Waals surface area contributed by atoms with Crippen LogP contribution in [0.2, 0.25) is 0 Å². The van der Waals surface area contributed by atoms with Crippen LogP contribution in [0.3, 0.4) is 0 Å². The molecule has 1 unspecified atom stereocenters. The van der Waals surface area contributed by atoms with Crippen molar-refractivity contribution >= 4 is 30.9 Å². The molecule has 0 saturated carbocycles. The Morgan fingerprint density at radius 3 is 1.63 bits per heavy atom. The highest BCUT2D eigenvalue weighted by Crippen LogP contribution is 2.42. The van der Waals surface area contributed by atoms with Gasteiger partial charge in [-0.1, -0.05) is 66.7 Å². The molecule has 0 aliphatic carbocycles. The molecule has 0 bridgehead atoms. The Labute approximate surface area is 171 Å². The molecule has 0 amide bonds. The first-order valence-electron chi connectivity index (χ1n) is 8.32. The Morgan fingerprint density at radius 2 is 1.19 bits per heavy atom. The van der Waals surface area contributed by atoms with Gasteiger partial charge in [0.25, 0.3) is 5.52 Å². The summed E-state index contributed by atoms with van der Waals surface area (Å²) in [5.74, 6) is 1.16. The number of carbonyl (C=O) groups is 1. The van der Waals surface area contributed by atoms with Crippen molar-refractivity contribution in [1.29, 1.82) is 0 Å². The Hall–Kier alpha value is -2.20. The maximum atomic E-state index is 12.9. The van der Waals surface area contributed by atoms with Crippen molar-refractivity contribution in [1.82, 2.24) is 0 Å². The van der Waals surface area contributed by atoms with Gasteiger partial charge < -0.3 is 14.8 Å². The van der Waals surface area contributed by atoms with Crippen molar-refractivity contribution in [3.63, 3.8) is 0 Å². The van der Waals surface area contributed by atoms with E-state index in [9.17, 15) is 4.79 Å². The quantitative estimate of drug-likeness (QED) is 0.488. The van der Waals surface area contributed by atoms with Crippen LogP contribution in [0.1, 0.15) is 5.56 Å². The van der Waals surface area contributed by atoms with E-state index >= 15 is 0 Å². The van der Waals surface area contributed by atoms with Gasteiger partial charge in [-0.2, -0.15) is 0 Å². The standard InChI is InChI=1S/C21H20NO3P.BrH/c22-20(16-17-10-4-1-5-11-17)21(23)26(24-18-12-6-2-7-13-18)25-19-14-8-3-9-15-19;/h1-15,20H,16,22H2;1H. The summed E-state index contributed by atoms with van der Waals surface area (Å²) in [7, 11) is -1.87. The number of hydrogen-bond acceptors (Lipinski definition) is 4. The fourth-order valence-electron chi connectivity index (χ4n) is 2.35. The van der Waals surface area contributed by atoms with E-state index in [4.69, 9.17) is 14.8 Å². The van der Waals surface area contributed by atoms with Gasteiger partial charge in [0.15, 0.2) is 0 Å². The minimum absolute atomic E-state index is 0. The Balaban J connectivity index is 0.00000261. The predicted octanol–water partition coefficient (Wildman–Crippen LogP) is 5.13. The summed E-state index contributed by atoms with van der Waals surface area (Å²) in [6.45, 7) is 0. The van der Waals surface area contributed by atoms with E-state index in [2.05, 4.69) is 0 Å². The predicted molar refractivity (Wildman–Crippen MR) is 115 cm³/mol. The van der Waals surface area contributed by atoms with Gasteiger partial charge in [0.05, 0.1) is 6.04 Å². The molecule has 0 aromatic heterocycles. The fraction of sp³-hybridized carbons (Fsp3) is 0.0952.